The monoisotopic (exact) mass is 227 g/mol. The molecule has 16 heavy (non-hydrogen) atoms. The molecule has 94 valence electrons. The van der Waals surface area contributed by atoms with E-state index in [4.69, 9.17) is 5.84 Å². The molecule has 0 aromatic carbocycles. The molecular weight excluding hydrogens is 202 g/mol. The number of hydrogen-bond donors (Lipinski definition) is 2. The van der Waals surface area contributed by atoms with Crippen molar-refractivity contribution in [1.29, 1.82) is 0 Å². The minimum atomic E-state index is -0.0739. The maximum Gasteiger partial charge on any atom is 0.238 e. The van der Waals surface area contributed by atoms with Crippen molar-refractivity contribution in [2.24, 2.45) is 11.8 Å². The van der Waals surface area contributed by atoms with E-state index in [2.05, 4.69) is 24.3 Å². The first-order valence-corrected chi connectivity index (χ1v) is 6.30. The van der Waals surface area contributed by atoms with E-state index in [9.17, 15) is 4.79 Å². The molecule has 2 unspecified atom stereocenters. The molecule has 1 rings (SSSR count). The Balaban J connectivity index is 2.51. The maximum atomic E-state index is 11.5. The average Bonchev–Trinajstić information content (AvgIpc) is 2.36. The van der Waals surface area contributed by atoms with Gasteiger partial charge in [0, 0.05) is 12.1 Å². The molecule has 1 saturated carbocycles. The quantitative estimate of drug-likeness (QED) is 0.432. The van der Waals surface area contributed by atoms with E-state index in [1.165, 1.54) is 32.1 Å². The van der Waals surface area contributed by atoms with Crippen LogP contribution in [-0.4, -0.2) is 29.9 Å². The summed E-state index contributed by atoms with van der Waals surface area (Å²) in [5.41, 5.74) is 2.24. The average molecular weight is 227 g/mol. The van der Waals surface area contributed by atoms with E-state index < -0.39 is 0 Å². The molecule has 0 bridgehead atoms. The Morgan fingerprint density at radius 1 is 1.31 bits per heavy atom. The minimum Gasteiger partial charge on any atom is -0.300 e. The number of carbonyl (C=O) groups is 1. The molecule has 4 nitrogen and oxygen atoms in total. The van der Waals surface area contributed by atoms with Crippen molar-refractivity contribution in [2.75, 3.05) is 7.05 Å². The van der Waals surface area contributed by atoms with E-state index in [0.717, 1.165) is 0 Å². The fourth-order valence-corrected chi connectivity index (χ4v) is 2.52. The lowest BCUT2D eigenvalue weighted by Crippen LogP contribution is -2.48. The van der Waals surface area contributed by atoms with Crippen LogP contribution in [0.3, 0.4) is 0 Å². The van der Waals surface area contributed by atoms with Crippen molar-refractivity contribution in [2.45, 2.75) is 58.0 Å². The molecule has 1 aliphatic rings. The molecule has 2 atom stereocenters. The molecule has 0 heterocycles. The first-order valence-electron chi connectivity index (χ1n) is 6.30. The van der Waals surface area contributed by atoms with Gasteiger partial charge in [0.2, 0.25) is 5.91 Å². The van der Waals surface area contributed by atoms with Crippen LogP contribution in [0.4, 0.5) is 0 Å². The fourth-order valence-electron chi connectivity index (χ4n) is 2.52. The summed E-state index contributed by atoms with van der Waals surface area (Å²) in [5, 5.41) is 0. The Hall–Kier alpha value is -0.610. The SMILES string of the molecule is CC(C(=O)NN)C(C)N(C)C1CCCCC1. The van der Waals surface area contributed by atoms with Crippen molar-refractivity contribution >= 4 is 5.91 Å². The van der Waals surface area contributed by atoms with Gasteiger partial charge in [-0.2, -0.15) is 0 Å². The highest BCUT2D eigenvalue weighted by Gasteiger charge is 2.28. The lowest BCUT2D eigenvalue weighted by molar-refractivity contribution is -0.126. The summed E-state index contributed by atoms with van der Waals surface area (Å²) in [6, 6.07) is 0.878. The molecule has 0 aromatic heterocycles. The Kier molecular flexibility index (Phi) is 5.22. The number of amides is 1. The van der Waals surface area contributed by atoms with Gasteiger partial charge in [-0.05, 0) is 26.8 Å². The van der Waals surface area contributed by atoms with Gasteiger partial charge >= 0.3 is 0 Å². The predicted octanol–water partition coefficient (Wildman–Crippen LogP) is 1.27. The van der Waals surface area contributed by atoms with Gasteiger partial charge < -0.3 is 0 Å². The van der Waals surface area contributed by atoms with Crippen molar-refractivity contribution < 1.29 is 4.79 Å². The minimum absolute atomic E-state index is 0.0584. The Morgan fingerprint density at radius 2 is 1.88 bits per heavy atom. The number of carbonyl (C=O) groups excluding carboxylic acids is 1. The van der Waals surface area contributed by atoms with Crippen LogP contribution in [0.5, 0.6) is 0 Å². The zero-order chi connectivity index (χ0) is 12.1. The van der Waals surface area contributed by atoms with Gasteiger partial charge in [0.15, 0.2) is 0 Å². The standard InChI is InChI=1S/C12H25N3O/c1-9(12(16)14-13)10(2)15(3)11-7-5-4-6-8-11/h9-11H,4-8,13H2,1-3H3,(H,14,16). The molecule has 1 fully saturated rings. The zero-order valence-corrected chi connectivity index (χ0v) is 10.7. The van der Waals surface area contributed by atoms with Crippen LogP contribution in [0.2, 0.25) is 0 Å². The second kappa shape index (κ2) is 6.21. The third kappa shape index (κ3) is 3.19. The number of nitrogens with two attached hydrogens (primary N) is 1. The summed E-state index contributed by atoms with van der Waals surface area (Å²) in [5.74, 6) is 5.04. The highest BCUT2D eigenvalue weighted by molar-refractivity contribution is 5.78. The van der Waals surface area contributed by atoms with Crippen LogP contribution in [0, 0.1) is 5.92 Å². The third-order valence-corrected chi connectivity index (χ3v) is 4.07. The number of nitrogens with one attached hydrogen (secondary N) is 1. The number of nitrogens with zero attached hydrogens (tertiary/aromatic N) is 1. The van der Waals surface area contributed by atoms with Crippen LogP contribution < -0.4 is 11.3 Å². The van der Waals surface area contributed by atoms with Crippen molar-refractivity contribution in [3.63, 3.8) is 0 Å². The molecule has 0 spiro atoms. The van der Waals surface area contributed by atoms with Crippen LogP contribution in [-0.2, 0) is 4.79 Å². The molecule has 4 heteroatoms. The molecule has 1 amide bonds. The van der Waals surface area contributed by atoms with E-state index in [-0.39, 0.29) is 17.9 Å². The lowest BCUT2D eigenvalue weighted by atomic mass is 9.91. The van der Waals surface area contributed by atoms with E-state index in [1.807, 2.05) is 6.92 Å². The maximum absolute atomic E-state index is 11.5. The van der Waals surface area contributed by atoms with Crippen LogP contribution in [0.1, 0.15) is 46.0 Å². The summed E-state index contributed by atoms with van der Waals surface area (Å²) in [7, 11) is 2.13. The summed E-state index contributed by atoms with van der Waals surface area (Å²) in [6.45, 7) is 4.04. The van der Waals surface area contributed by atoms with E-state index >= 15 is 0 Å². The lowest BCUT2D eigenvalue weighted by Gasteiger charge is -2.37. The van der Waals surface area contributed by atoms with Crippen LogP contribution in [0.25, 0.3) is 0 Å². The Labute approximate surface area is 98.5 Å². The summed E-state index contributed by atoms with van der Waals surface area (Å²) in [4.78, 5) is 13.8. The topological polar surface area (TPSA) is 58.4 Å². The second-order valence-corrected chi connectivity index (χ2v) is 5.00. The molecule has 0 aromatic rings. The van der Waals surface area contributed by atoms with Gasteiger partial charge in [0.25, 0.3) is 0 Å². The second-order valence-electron chi connectivity index (χ2n) is 5.00. The van der Waals surface area contributed by atoms with E-state index in [1.54, 1.807) is 0 Å². The van der Waals surface area contributed by atoms with Crippen LogP contribution >= 0.6 is 0 Å². The summed E-state index contributed by atoms with van der Waals surface area (Å²) >= 11 is 0. The normalized spacial score (nSPS) is 21.8. The number of hydrogen-bond acceptors (Lipinski definition) is 3. The number of rotatable bonds is 4. The highest BCUT2D eigenvalue weighted by atomic mass is 16.2. The van der Waals surface area contributed by atoms with Gasteiger partial charge in [-0.25, -0.2) is 5.84 Å². The Bertz CT molecular complexity index is 226. The Morgan fingerprint density at radius 3 is 2.38 bits per heavy atom. The van der Waals surface area contributed by atoms with Gasteiger partial charge in [-0.3, -0.25) is 15.1 Å². The molecular formula is C12H25N3O. The van der Waals surface area contributed by atoms with Gasteiger partial charge in [-0.15, -0.1) is 0 Å². The molecule has 1 aliphatic carbocycles. The molecule has 0 radical (unpaired) electrons. The van der Waals surface area contributed by atoms with Gasteiger partial charge in [0.1, 0.15) is 0 Å². The molecule has 0 aliphatic heterocycles. The van der Waals surface area contributed by atoms with E-state index in [0.29, 0.717) is 6.04 Å². The summed E-state index contributed by atoms with van der Waals surface area (Å²) in [6.07, 6.45) is 6.52. The third-order valence-electron chi connectivity index (χ3n) is 4.07. The largest absolute Gasteiger partial charge is 0.300 e. The fraction of sp³-hybridized carbons (Fsp3) is 0.917. The number of hydrazine groups is 1. The van der Waals surface area contributed by atoms with Gasteiger partial charge in [0.05, 0.1) is 5.92 Å². The van der Waals surface area contributed by atoms with Crippen molar-refractivity contribution in [1.82, 2.24) is 10.3 Å². The smallest absolute Gasteiger partial charge is 0.238 e. The highest BCUT2D eigenvalue weighted by Crippen LogP contribution is 2.24. The van der Waals surface area contributed by atoms with Gasteiger partial charge in [-0.1, -0.05) is 26.2 Å². The predicted molar refractivity (Wildman–Crippen MR) is 65.6 cm³/mol. The molecule has 0 saturated heterocycles. The summed E-state index contributed by atoms with van der Waals surface area (Å²) < 4.78 is 0. The van der Waals surface area contributed by atoms with Crippen LogP contribution in [0.15, 0.2) is 0 Å². The van der Waals surface area contributed by atoms with Crippen molar-refractivity contribution in [3.8, 4) is 0 Å². The first-order chi connectivity index (χ1) is 7.57. The zero-order valence-electron chi connectivity index (χ0n) is 10.7. The van der Waals surface area contributed by atoms with Crippen molar-refractivity contribution in [3.05, 3.63) is 0 Å². The molecule has 3 N–H and O–H groups in total. The first kappa shape index (κ1) is 13.5.